The lowest BCUT2D eigenvalue weighted by Crippen LogP contribution is -2.30. The molecular weight excluding hydrogens is 264 g/mol. The fourth-order valence-electron chi connectivity index (χ4n) is 1.84. The quantitative estimate of drug-likeness (QED) is 0.887. The fourth-order valence-corrected chi connectivity index (χ4v) is 1.84. The number of amides is 1. The van der Waals surface area contributed by atoms with Crippen molar-refractivity contribution < 1.29 is 9.53 Å². The van der Waals surface area contributed by atoms with Crippen molar-refractivity contribution in [1.82, 2.24) is 0 Å². The number of nitrogens with two attached hydrogens (primary N) is 1. The third-order valence-electron chi connectivity index (χ3n) is 3.16. The van der Waals surface area contributed by atoms with Gasteiger partial charge in [-0.3, -0.25) is 4.79 Å². The van der Waals surface area contributed by atoms with Gasteiger partial charge in [0.1, 0.15) is 5.75 Å². The summed E-state index contributed by atoms with van der Waals surface area (Å²) in [6.07, 6.45) is -0.568. The topological polar surface area (TPSA) is 64.3 Å². The summed E-state index contributed by atoms with van der Waals surface area (Å²) in [6.45, 7) is 4.22. The highest BCUT2D eigenvalue weighted by molar-refractivity contribution is 5.94. The first-order chi connectivity index (χ1) is 10.1. The van der Waals surface area contributed by atoms with E-state index in [1.807, 2.05) is 55.5 Å². The maximum absolute atomic E-state index is 12.1. The summed E-state index contributed by atoms with van der Waals surface area (Å²) in [5.74, 6) is 0.498. The van der Waals surface area contributed by atoms with Crippen LogP contribution in [0, 0.1) is 6.92 Å². The Balaban J connectivity index is 1.93. The maximum Gasteiger partial charge on any atom is 0.265 e. The van der Waals surface area contributed by atoms with Crippen molar-refractivity contribution in [3.63, 3.8) is 0 Å². The second kappa shape index (κ2) is 6.90. The zero-order valence-electron chi connectivity index (χ0n) is 12.3. The maximum atomic E-state index is 12.1. The van der Waals surface area contributed by atoms with Crippen LogP contribution >= 0.6 is 0 Å². The molecule has 0 aliphatic heterocycles. The molecule has 2 aromatic carbocycles. The Morgan fingerprint density at radius 2 is 1.76 bits per heavy atom. The molecule has 0 fully saturated rings. The summed E-state index contributed by atoms with van der Waals surface area (Å²) in [5.41, 5.74) is 8.45. The monoisotopic (exact) mass is 284 g/mol. The summed E-state index contributed by atoms with van der Waals surface area (Å²) in [6, 6.07) is 15.1. The molecule has 4 heteroatoms. The summed E-state index contributed by atoms with van der Waals surface area (Å²) < 4.78 is 5.62. The predicted octanol–water partition coefficient (Wildman–Crippen LogP) is 2.86. The molecule has 0 aliphatic carbocycles. The van der Waals surface area contributed by atoms with Gasteiger partial charge in [-0.1, -0.05) is 29.8 Å². The van der Waals surface area contributed by atoms with E-state index in [1.165, 1.54) is 0 Å². The van der Waals surface area contributed by atoms with E-state index < -0.39 is 6.10 Å². The van der Waals surface area contributed by atoms with Crippen molar-refractivity contribution in [2.75, 3.05) is 5.32 Å². The molecule has 0 aliphatic rings. The summed E-state index contributed by atoms with van der Waals surface area (Å²) in [7, 11) is 0. The van der Waals surface area contributed by atoms with Crippen LogP contribution in [0.15, 0.2) is 48.5 Å². The molecule has 0 saturated heterocycles. The standard InChI is InChI=1S/C17H20N2O2/c1-12-3-9-16(10-4-12)21-13(2)17(20)19-15-7-5-14(11-18)6-8-15/h3-10,13H,11,18H2,1-2H3,(H,19,20). The van der Waals surface area contributed by atoms with Crippen LogP contribution in [0.2, 0.25) is 0 Å². The van der Waals surface area contributed by atoms with Crippen LogP contribution in [-0.2, 0) is 11.3 Å². The van der Waals surface area contributed by atoms with E-state index in [4.69, 9.17) is 10.5 Å². The Morgan fingerprint density at radius 1 is 1.14 bits per heavy atom. The normalized spacial score (nSPS) is 11.8. The minimum atomic E-state index is -0.568. The first kappa shape index (κ1) is 15.1. The van der Waals surface area contributed by atoms with E-state index in [-0.39, 0.29) is 5.91 Å². The molecule has 0 aromatic heterocycles. The molecule has 0 saturated carbocycles. The largest absolute Gasteiger partial charge is 0.481 e. The number of hydrogen-bond acceptors (Lipinski definition) is 3. The Bertz CT molecular complexity index is 591. The van der Waals surface area contributed by atoms with Crippen molar-refractivity contribution in [3.05, 3.63) is 59.7 Å². The highest BCUT2D eigenvalue weighted by atomic mass is 16.5. The average molecular weight is 284 g/mol. The molecule has 4 nitrogen and oxygen atoms in total. The molecule has 0 radical (unpaired) electrons. The zero-order chi connectivity index (χ0) is 15.2. The van der Waals surface area contributed by atoms with E-state index in [0.29, 0.717) is 12.3 Å². The number of ether oxygens (including phenoxy) is 1. The lowest BCUT2D eigenvalue weighted by Gasteiger charge is -2.15. The molecule has 2 rings (SSSR count). The number of aryl methyl sites for hydroxylation is 1. The third kappa shape index (κ3) is 4.33. The summed E-state index contributed by atoms with van der Waals surface area (Å²) in [4.78, 5) is 12.1. The van der Waals surface area contributed by atoms with Gasteiger partial charge >= 0.3 is 0 Å². The minimum Gasteiger partial charge on any atom is -0.481 e. The number of carbonyl (C=O) groups excluding carboxylic acids is 1. The van der Waals surface area contributed by atoms with Gasteiger partial charge < -0.3 is 15.8 Å². The van der Waals surface area contributed by atoms with E-state index in [1.54, 1.807) is 6.92 Å². The minimum absolute atomic E-state index is 0.184. The van der Waals surface area contributed by atoms with E-state index in [9.17, 15) is 4.79 Å². The van der Waals surface area contributed by atoms with Crippen molar-refractivity contribution >= 4 is 11.6 Å². The van der Waals surface area contributed by atoms with Gasteiger partial charge in [0.25, 0.3) is 5.91 Å². The average Bonchev–Trinajstić information content (AvgIpc) is 2.50. The molecule has 0 bridgehead atoms. The number of carbonyl (C=O) groups is 1. The molecule has 2 aromatic rings. The molecular formula is C17H20N2O2. The number of benzene rings is 2. The molecule has 0 heterocycles. The molecule has 1 unspecified atom stereocenters. The molecule has 3 N–H and O–H groups in total. The second-order valence-electron chi connectivity index (χ2n) is 4.96. The van der Waals surface area contributed by atoms with Crippen LogP contribution in [0.4, 0.5) is 5.69 Å². The van der Waals surface area contributed by atoms with Crippen molar-refractivity contribution in [3.8, 4) is 5.75 Å². The lowest BCUT2D eigenvalue weighted by molar-refractivity contribution is -0.122. The first-order valence-corrected chi connectivity index (χ1v) is 6.91. The van der Waals surface area contributed by atoms with Gasteiger partial charge in [0.15, 0.2) is 6.10 Å². The number of anilines is 1. The van der Waals surface area contributed by atoms with Gasteiger partial charge in [0, 0.05) is 12.2 Å². The van der Waals surface area contributed by atoms with Gasteiger partial charge in [0.2, 0.25) is 0 Å². The van der Waals surface area contributed by atoms with Gasteiger partial charge in [-0.25, -0.2) is 0 Å². The molecule has 21 heavy (non-hydrogen) atoms. The number of rotatable bonds is 5. The van der Waals surface area contributed by atoms with E-state index >= 15 is 0 Å². The predicted molar refractivity (Wildman–Crippen MR) is 84.2 cm³/mol. The van der Waals surface area contributed by atoms with Gasteiger partial charge in [0.05, 0.1) is 0 Å². The Labute approximate surface area is 124 Å². The SMILES string of the molecule is Cc1ccc(OC(C)C(=O)Nc2ccc(CN)cc2)cc1. The van der Waals surface area contributed by atoms with Gasteiger partial charge in [-0.15, -0.1) is 0 Å². The van der Waals surface area contributed by atoms with Crippen LogP contribution in [0.1, 0.15) is 18.1 Å². The Hall–Kier alpha value is -2.33. The van der Waals surface area contributed by atoms with Crippen LogP contribution in [0.3, 0.4) is 0 Å². The fraction of sp³-hybridized carbons (Fsp3) is 0.235. The van der Waals surface area contributed by atoms with Gasteiger partial charge in [-0.2, -0.15) is 0 Å². The molecule has 1 amide bonds. The van der Waals surface area contributed by atoms with Crippen LogP contribution in [0.5, 0.6) is 5.75 Å². The lowest BCUT2D eigenvalue weighted by atomic mass is 10.2. The van der Waals surface area contributed by atoms with E-state index in [2.05, 4.69) is 5.32 Å². The first-order valence-electron chi connectivity index (χ1n) is 6.91. The number of nitrogens with one attached hydrogen (secondary N) is 1. The summed E-state index contributed by atoms with van der Waals surface area (Å²) in [5, 5.41) is 2.82. The van der Waals surface area contributed by atoms with Gasteiger partial charge in [-0.05, 0) is 43.7 Å². The van der Waals surface area contributed by atoms with Crippen molar-refractivity contribution in [1.29, 1.82) is 0 Å². The van der Waals surface area contributed by atoms with Crippen molar-refractivity contribution in [2.45, 2.75) is 26.5 Å². The number of hydrogen-bond donors (Lipinski definition) is 2. The summed E-state index contributed by atoms with van der Waals surface area (Å²) >= 11 is 0. The highest BCUT2D eigenvalue weighted by Gasteiger charge is 2.14. The molecule has 1 atom stereocenters. The Kier molecular flexibility index (Phi) is 4.95. The third-order valence-corrected chi connectivity index (χ3v) is 3.16. The Morgan fingerprint density at radius 3 is 2.33 bits per heavy atom. The van der Waals surface area contributed by atoms with Crippen LogP contribution < -0.4 is 15.8 Å². The van der Waals surface area contributed by atoms with Crippen LogP contribution in [0.25, 0.3) is 0 Å². The van der Waals surface area contributed by atoms with Crippen LogP contribution in [-0.4, -0.2) is 12.0 Å². The van der Waals surface area contributed by atoms with E-state index in [0.717, 1.165) is 16.8 Å². The second-order valence-corrected chi connectivity index (χ2v) is 4.96. The van der Waals surface area contributed by atoms with Crippen molar-refractivity contribution in [2.24, 2.45) is 5.73 Å². The molecule has 110 valence electrons. The zero-order valence-corrected chi connectivity index (χ0v) is 12.3. The molecule has 0 spiro atoms. The highest BCUT2D eigenvalue weighted by Crippen LogP contribution is 2.15. The smallest absolute Gasteiger partial charge is 0.265 e.